The normalized spacial score (nSPS) is 10.9. The summed E-state index contributed by atoms with van der Waals surface area (Å²) in [6, 6.07) is 12.5. The molecule has 0 aromatic heterocycles. The summed E-state index contributed by atoms with van der Waals surface area (Å²) in [5, 5.41) is 5.25. The van der Waals surface area contributed by atoms with Crippen LogP contribution < -0.4 is 10.6 Å². The van der Waals surface area contributed by atoms with E-state index in [0.717, 1.165) is 6.26 Å². The first kappa shape index (κ1) is 16.7. The third-order valence-electron chi connectivity index (χ3n) is 2.99. The van der Waals surface area contributed by atoms with E-state index in [0.29, 0.717) is 11.4 Å². The first-order chi connectivity index (χ1) is 10.8. The van der Waals surface area contributed by atoms with Crippen molar-refractivity contribution in [1.29, 1.82) is 0 Å². The van der Waals surface area contributed by atoms with E-state index in [1.165, 1.54) is 19.1 Å². The molecule has 120 valence electrons. The maximum atomic E-state index is 12.3. The second kappa shape index (κ2) is 6.62. The van der Waals surface area contributed by atoms with Crippen LogP contribution >= 0.6 is 0 Å². The highest BCUT2D eigenvalue weighted by Gasteiger charge is 2.18. The van der Waals surface area contributed by atoms with Gasteiger partial charge in [0.25, 0.3) is 5.91 Å². The predicted molar refractivity (Wildman–Crippen MR) is 88.3 cm³/mol. The van der Waals surface area contributed by atoms with Crippen molar-refractivity contribution in [2.24, 2.45) is 0 Å². The quantitative estimate of drug-likeness (QED) is 0.898. The molecular formula is C16H16N2O4S. The number of hydrogen-bond acceptors (Lipinski definition) is 4. The van der Waals surface area contributed by atoms with Crippen molar-refractivity contribution in [2.45, 2.75) is 11.8 Å². The van der Waals surface area contributed by atoms with Crippen LogP contribution in [0.3, 0.4) is 0 Å². The van der Waals surface area contributed by atoms with Crippen LogP contribution in [0.4, 0.5) is 11.4 Å². The number of amides is 2. The van der Waals surface area contributed by atoms with Gasteiger partial charge in [0.05, 0.1) is 10.5 Å². The highest BCUT2D eigenvalue weighted by molar-refractivity contribution is 7.90. The zero-order valence-corrected chi connectivity index (χ0v) is 13.5. The molecule has 2 rings (SSSR count). The maximum Gasteiger partial charge on any atom is 0.256 e. The van der Waals surface area contributed by atoms with Gasteiger partial charge < -0.3 is 10.6 Å². The molecular weight excluding hydrogens is 316 g/mol. The minimum atomic E-state index is -3.50. The molecule has 0 saturated carbocycles. The lowest BCUT2D eigenvalue weighted by Gasteiger charge is -2.09. The van der Waals surface area contributed by atoms with Gasteiger partial charge >= 0.3 is 0 Å². The van der Waals surface area contributed by atoms with Gasteiger partial charge in [-0.3, -0.25) is 9.59 Å². The topological polar surface area (TPSA) is 92.3 Å². The lowest BCUT2D eigenvalue weighted by molar-refractivity contribution is -0.114. The molecule has 2 aromatic carbocycles. The number of benzene rings is 2. The molecule has 0 aliphatic rings. The van der Waals surface area contributed by atoms with E-state index in [-0.39, 0.29) is 16.4 Å². The summed E-state index contributed by atoms with van der Waals surface area (Å²) >= 11 is 0. The molecule has 2 N–H and O–H groups in total. The number of sulfone groups is 1. The fourth-order valence-electron chi connectivity index (χ4n) is 2.02. The summed E-state index contributed by atoms with van der Waals surface area (Å²) in [4.78, 5) is 23.2. The monoisotopic (exact) mass is 332 g/mol. The Morgan fingerprint density at radius 1 is 0.870 bits per heavy atom. The van der Waals surface area contributed by atoms with Crippen LogP contribution in [0.25, 0.3) is 0 Å². The second-order valence-corrected chi connectivity index (χ2v) is 6.97. The van der Waals surface area contributed by atoms with Crippen LogP contribution in [-0.2, 0) is 14.6 Å². The minimum absolute atomic E-state index is 0.0210. The molecule has 6 nitrogen and oxygen atoms in total. The Labute approximate surface area is 134 Å². The van der Waals surface area contributed by atoms with E-state index >= 15 is 0 Å². The van der Waals surface area contributed by atoms with Crippen LogP contribution in [-0.4, -0.2) is 26.5 Å². The third-order valence-corrected chi connectivity index (χ3v) is 4.15. The molecule has 23 heavy (non-hydrogen) atoms. The Bertz CT molecular complexity index is 843. The van der Waals surface area contributed by atoms with Crippen LogP contribution in [0.5, 0.6) is 0 Å². The summed E-state index contributed by atoms with van der Waals surface area (Å²) < 4.78 is 23.5. The largest absolute Gasteiger partial charge is 0.326 e. The average molecular weight is 332 g/mol. The summed E-state index contributed by atoms with van der Waals surface area (Å²) in [5.41, 5.74) is 1.18. The Morgan fingerprint density at radius 3 is 1.91 bits per heavy atom. The first-order valence-corrected chi connectivity index (χ1v) is 8.64. The Kier molecular flexibility index (Phi) is 4.80. The average Bonchev–Trinajstić information content (AvgIpc) is 2.48. The summed E-state index contributed by atoms with van der Waals surface area (Å²) in [5.74, 6) is -0.706. The van der Waals surface area contributed by atoms with Gasteiger partial charge in [0.15, 0.2) is 9.84 Å². The van der Waals surface area contributed by atoms with Gasteiger partial charge in [-0.15, -0.1) is 0 Å². The lowest BCUT2D eigenvalue weighted by Crippen LogP contribution is -2.16. The third kappa shape index (κ3) is 4.40. The van der Waals surface area contributed by atoms with Gasteiger partial charge in [-0.25, -0.2) is 8.42 Å². The molecule has 0 bridgehead atoms. The predicted octanol–water partition coefficient (Wildman–Crippen LogP) is 2.30. The minimum Gasteiger partial charge on any atom is -0.326 e. The fraction of sp³-hybridized carbons (Fsp3) is 0.125. The van der Waals surface area contributed by atoms with Crippen molar-refractivity contribution in [3.05, 3.63) is 54.1 Å². The Hall–Kier alpha value is -2.67. The van der Waals surface area contributed by atoms with Gasteiger partial charge in [0.1, 0.15) is 0 Å². The molecule has 0 aliphatic heterocycles. The van der Waals surface area contributed by atoms with Crippen LogP contribution in [0.15, 0.2) is 53.4 Å². The summed E-state index contributed by atoms with van der Waals surface area (Å²) in [7, 11) is -3.50. The molecule has 0 radical (unpaired) electrons. The molecule has 7 heteroatoms. The number of rotatable bonds is 4. The summed E-state index contributed by atoms with van der Waals surface area (Å²) in [6.45, 7) is 1.40. The van der Waals surface area contributed by atoms with E-state index in [1.54, 1.807) is 36.4 Å². The van der Waals surface area contributed by atoms with Crippen molar-refractivity contribution in [1.82, 2.24) is 0 Å². The van der Waals surface area contributed by atoms with Crippen molar-refractivity contribution < 1.29 is 18.0 Å². The Balaban J connectivity index is 2.22. The number of anilines is 2. The van der Waals surface area contributed by atoms with Crippen molar-refractivity contribution in [3.63, 3.8) is 0 Å². The number of hydrogen-bond donors (Lipinski definition) is 2. The molecule has 0 aliphatic carbocycles. The van der Waals surface area contributed by atoms with E-state index in [2.05, 4.69) is 10.6 Å². The van der Waals surface area contributed by atoms with Gasteiger partial charge in [0.2, 0.25) is 5.91 Å². The molecule has 0 fully saturated rings. The summed E-state index contributed by atoms with van der Waals surface area (Å²) in [6.07, 6.45) is 1.06. The molecule has 0 heterocycles. The lowest BCUT2D eigenvalue weighted by atomic mass is 10.2. The number of carbonyl (C=O) groups excluding carboxylic acids is 2. The zero-order valence-electron chi connectivity index (χ0n) is 12.7. The number of carbonyl (C=O) groups is 2. The standard InChI is InChI=1S/C16H16N2O4S/c1-11(19)17-12-7-9-13(10-8-12)18-16(20)14-5-3-4-6-15(14)23(2,21)22/h3-10H,1-2H3,(H,17,19)(H,18,20). The molecule has 2 amide bonds. The molecule has 2 aromatic rings. The van der Waals surface area contributed by atoms with Crippen LogP contribution in [0.2, 0.25) is 0 Å². The fourth-order valence-corrected chi connectivity index (χ4v) is 2.90. The molecule has 0 spiro atoms. The van der Waals surface area contributed by atoms with E-state index in [4.69, 9.17) is 0 Å². The number of nitrogens with one attached hydrogen (secondary N) is 2. The van der Waals surface area contributed by atoms with E-state index < -0.39 is 15.7 Å². The van der Waals surface area contributed by atoms with Gasteiger partial charge in [-0.1, -0.05) is 12.1 Å². The highest BCUT2D eigenvalue weighted by Crippen LogP contribution is 2.18. The van der Waals surface area contributed by atoms with Crippen LogP contribution in [0.1, 0.15) is 17.3 Å². The van der Waals surface area contributed by atoms with E-state index in [9.17, 15) is 18.0 Å². The van der Waals surface area contributed by atoms with Crippen molar-refractivity contribution >= 4 is 33.0 Å². The highest BCUT2D eigenvalue weighted by atomic mass is 32.2. The second-order valence-electron chi connectivity index (χ2n) is 4.98. The van der Waals surface area contributed by atoms with Crippen LogP contribution in [0, 0.1) is 0 Å². The van der Waals surface area contributed by atoms with Gasteiger partial charge in [-0.05, 0) is 36.4 Å². The molecule has 0 saturated heterocycles. The Morgan fingerprint density at radius 2 is 1.39 bits per heavy atom. The van der Waals surface area contributed by atoms with Crippen molar-refractivity contribution in [3.8, 4) is 0 Å². The SMILES string of the molecule is CC(=O)Nc1ccc(NC(=O)c2ccccc2S(C)(=O)=O)cc1. The zero-order chi connectivity index (χ0) is 17.0. The molecule has 0 atom stereocenters. The first-order valence-electron chi connectivity index (χ1n) is 6.75. The smallest absolute Gasteiger partial charge is 0.256 e. The maximum absolute atomic E-state index is 12.3. The molecule has 0 unspecified atom stereocenters. The van der Waals surface area contributed by atoms with E-state index in [1.807, 2.05) is 0 Å². The van der Waals surface area contributed by atoms with Gasteiger partial charge in [0, 0.05) is 24.6 Å². The van der Waals surface area contributed by atoms with Gasteiger partial charge in [-0.2, -0.15) is 0 Å². The van der Waals surface area contributed by atoms with Crippen molar-refractivity contribution in [2.75, 3.05) is 16.9 Å².